The van der Waals surface area contributed by atoms with Crippen LogP contribution in [0.2, 0.25) is 0 Å². The van der Waals surface area contributed by atoms with E-state index in [9.17, 15) is 4.79 Å². The van der Waals surface area contributed by atoms with Gasteiger partial charge in [0.1, 0.15) is 15.6 Å². The fourth-order valence-electron chi connectivity index (χ4n) is 4.30. The molecule has 0 bridgehead atoms. The largest absolute Gasteiger partial charge is 0.467 e. The number of thioether (sulfide) groups is 2. The van der Waals surface area contributed by atoms with E-state index in [-0.39, 0.29) is 17.3 Å². The van der Waals surface area contributed by atoms with Crippen LogP contribution < -0.4 is 5.32 Å². The maximum absolute atomic E-state index is 12.5. The van der Waals surface area contributed by atoms with Gasteiger partial charge >= 0.3 is 0 Å². The van der Waals surface area contributed by atoms with Crippen LogP contribution in [0.5, 0.6) is 0 Å². The number of hydrogen-bond acceptors (Lipinski definition) is 9. The Kier molecular flexibility index (Phi) is 6.82. The zero-order valence-electron chi connectivity index (χ0n) is 20.4. The molecule has 0 aromatic carbocycles. The number of aromatic nitrogens is 3. The zero-order chi connectivity index (χ0) is 24.7. The Labute approximate surface area is 216 Å². The van der Waals surface area contributed by atoms with Crippen molar-refractivity contribution in [1.82, 2.24) is 20.3 Å². The van der Waals surface area contributed by atoms with E-state index in [1.54, 1.807) is 17.6 Å². The molecule has 10 heteroatoms. The van der Waals surface area contributed by atoms with Crippen LogP contribution in [-0.2, 0) is 29.1 Å². The van der Waals surface area contributed by atoms with Gasteiger partial charge in [-0.1, -0.05) is 37.4 Å². The van der Waals surface area contributed by atoms with Gasteiger partial charge in [0.25, 0.3) is 0 Å². The molecular formula is C25H28N4O3S3. The first kappa shape index (κ1) is 24.5. The van der Waals surface area contributed by atoms with Crippen LogP contribution in [0.4, 0.5) is 0 Å². The summed E-state index contributed by atoms with van der Waals surface area (Å²) in [4.78, 5) is 28.3. The van der Waals surface area contributed by atoms with E-state index in [2.05, 4.69) is 33.0 Å². The monoisotopic (exact) mass is 528 g/mol. The number of thiophene rings is 1. The minimum atomic E-state index is -0.247. The number of pyridine rings is 1. The molecule has 0 aliphatic carbocycles. The third-order valence-electron chi connectivity index (χ3n) is 5.98. The Hall–Kier alpha value is -2.14. The first-order chi connectivity index (χ1) is 16.8. The van der Waals surface area contributed by atoms with Gasteiger partial charge < -0.3 is 14.5 Å². The van der Waals surface area contributed by atoms with E-state index in [0.717, 1.165) is 43.3 Å². The highest BCUT2D eigenvalue weighted by atomic mass is 32.2. The average molecular weight is 529 g/mol. The third kappa shape index (κ3) is 4.94. The lowest BCUT2D eigenvalue weighted by molar-refractivity contribution is -0.118. The van der Waals surface area contributed by atoms with Crippen molar-refractivity contribution in [2.45, 2.75) is 69.0 Å². The van der Waals surface area contributed by atoms with Crippen molar-refractivity contribution in [3.8, 4) is 0 Å². The zero-order valence-corrected chi connectivity index (χ0v) is 22.9. The number of carbonyl (C=O) groups excluding carboxylic acids is 1. The molecule has 0 radical (unpaired) electrons. The number of hydrogen-bond donors (Lipinski definition) is 1. The lowest BCUT2D eigenvalue weighted by atomic mass is 9.87. The molecule has 35 heavy (non-hydrogen) atoms. The van der Waals surface area contributed by atoms with E-state index < -0.39 is 0 Å². The Bertz CT molecular complexity index is 1400. The number of rotatable bonds is 7. The Morgan fingerprint density at radius 1 is 1.26 bits per heavy atom. The Balaban J connectivity index is 1.55. The van der Waals surface area contributed by atoms with E-state index in [1.165, 1.54) is 34.7 Å². The van der Waals surface area contributed by atoms with Gasteiger partial charge in [-0.2, -0.15) is 0 Å². The summed E-state index contributed by atoms with van der Waals surface area (Å²) in [5.74, 6) is 1.22. The van der Waals surface area contributed by atoms with Crippen molar-refractivity contribution >= 4 is 61.2 Å². The number of nitrogens with one attached hydrogen (secondary N) is 1. The lowest BCUT2D eigenvalue weighted by Gasteiger charge is -2.33. The van der Waals surface area contributed by atoms with Crippen LogP contribution >= 0.6 is 34.9 Å². The van der Waals surface area contributed by atoms with Crippen molar-refractivity contribution < 1.29 is 13.9 Å². The van der Waals surface area contributed by atoms with Crippen LogP contribution in [0.1, 0.15) is 56.2 Å². The molecule has 0 saturated heterocycles. The first-order valence-electron chi connectivity index (χ1n) is 11.5. The van der Waals surface area contributed by atoms with Crippen molar-refractivity contribution in [3.05, 3.63) is 41.0 Å². The second-order valence-electron chi connectivity index (χ2n) is 9.45. The van der Waals surface area contributed by atoms with E-state index >= 15 is 0 Å². The Morgan fingerprint density at radius 2 is 2.09 bits per heavy atom. The predicted octanol–water partition coefficient (Wildman–Crippen LogP) is 5.94. The second kappa shape index (κ2) is 9.72. The van der Waals surface area contributed by atoms with E-state index in [0.29, 0.717) is 24.2 Å². The summed E-state index contributed by atoms with van der Waals surface area (Å²) in [6, 6.07) is 3.65. The van der Waals surface area contributed by atoms with Crippen LogP contribution in [0.25, 0.3) is 20.4 Å². The molecule has 7 nitrogen and oxygen atoms in total. The third-order valence-corrected chi connectivity index (χ3v) is 8.71. The number of nitrogens with zero attached hydrogens (tertiary/aromatic N) is 3. The quantitative estimate of drug-likeness (QED) is 0.179. The molecule has 0 unspecified atom stereocenters. The highest BCUT2D eigenvalue weighted by molar-refractivity contribution is 8.00. The van der Waals surface area contributed by atoms with Crippen LogP contribution in [0.15, 0.2) is 33.0 Å². The summed E-state index contributed by atoms with van der Waals surface area (Å²) >= 11 is 4.57. The van der Waals surface area contributed by atoms with Crippen LogP contribution in [0.3, 0.4) is 0 Å². The molecule has 1 amide bonds. The molecule has 4 aromatic rings. The molecule has 5 heterocycles. The molecule has 1 aliphatic rings. The first-order valence-corrected chi connectivity index (χ1v) is 14.5. The maximum atomic E-state index is 12.5. The van der Waals surface area contributed by atoms with Gasteiger partial charge in [-0.3, -0.25) is 4.79 Å². The molecule has 0 saturated carbocycles. The van der Waals surface area contributed by atoms with Crippen molar-refractivity contribution in [2.24, 2.45) is 0 Å². The summed E-state index contributed by atoms with van der Waals surface area (Å²) < 4.78 is 12.5. The van der Waals surface area contributed by atoms with Crippen LogP contribution in [0, 0.1) is 0 Å². The highest BCUT2D eigenvalue weighted by Gasteiger charge is 2.32. The Morgan fingerprint density at radius 3 is 2.80 bits per heavy atom. The van der Waals surface area contributed by atoms with Gasteiger partial charge in [0.2, 0.25) is 5.91 Å². The van der Waals surface area contributed by atoms with Gasteiger partial charge in [0.15, 0.2) is 5.16 Å². The molecule has 0 fully saturated rings. The van der Waals surface area contributed by atoms with E-state index in [4.69, 9.17) is 24.1 Å². The molecule has 0 atom stereocenters. The van der Waals surface area contributed by atoms with Crippen molar-refractivity contribution in [1.29, 1.82) is 0 Å². The fraction of sp³-hybridized carbons (Fsp3) is 0.440. The molecular weight excluding hydrogens is 501 g/mol. The number of amides is 1. The van der Waals surface area contributed by atoms with E-state index in [1.807, 2.05) is 18.4 Å². The summed E-state index contributed by atoms with van der Waals surface area (Å²) in [6.07, 6.45) is 4.38. The van der Waals surface area contributed by atoms with Gasteiger partial charge in [-0.05, 0) is 43.7 Å². The average Bonchev–Trinajstić information content (AvgIpc) is 3.47. The molecule has 1 aliphatic heterocycles. The number of carbonyl (C=O) groups is 1. The SMILES string of the molecule is CSc1nc(SCC(=O)NCc2ccco2)c2sc3nc(C(C)C)c4c(c3c2n1)CC(C)(C)OC4. The van der Waals surface area contributed by atoms with Gasteiger partial charge in [0, 0.05) is 17.4 Å². The van der Waals surface area contributed by atoms with Gasteiger partial charge in [-0.15, -0.1) is 11.3 Å². The lowest BCUT2D eigenvalue weighted by Crippen LogP contribution is -2.32. The number of furan rings is 1. The molecule has 5 rings (SSSR count). The minimum absolute atomic E-state index is 0.0681. The summed E-state index contributed by atoms with van der Waals surface area (Å²) in [7, 11) is 0. The topological polar surface area (TPSA) is 90.1 Å². The minimum Gasteiger partial charge on any atom is -0.467 e. The second-order valence-corrected chi connectivity index (χ2v) is 12.2. The predicted molar refractivity (Wildman–Crippen MR) is 142 cm³/mol. The van der Waals surface area contributed by atoms with Gasteiger partial charge in [-0.25, -0.2) is 15.0 Å². The number of ether oxygens (including phenoxy) is 1. The maximum Gasteiger partial charge on any atom is 0.230 e. The van der Waals surface area contributed by atoms with Crippen molar-refractivity contribution in [3.63, 3.8) is 0 Å². The normalized spacial score (nSPS) is 15.1. The summed E-state index contributed by atoms with van der Waals surface area (Å²) in [5.41, 5.74) is 4.27. The highest BCUT2D eigenvalue weighted by Crippen LogP contribution is 2.44. The molecule has 184 valence electrons. The summed E-state index contributed by atoms with van der Waals surface area (Å²) in [6.45, 7) is 9.56. The fourth-order valence-corrected chi connectivity index (χ4v) is 6.81. The van der Waals surface area contributed by atoms with Crippen molar-refractivity contribution in [2.75, 3.05) is 12.0 Å². The van der Waals surface area contributed by atoms with Gasteiger partial charge in [0.05, 0.1) is 46.7 Å². The molecule has 0 spiro atoms. The number of fused-ring (bicyclic) bond motifs is 5. The van der Waals surface area contributed by atoms with Crippen LogP contribution in [-0.4, -0.2) is 38.5 Å². The standard InChI is InChI=1S/C25H28N4O3S3/c1-13(2)19-16-11-32-25(3,4)9-15(16)18-20-21(35-22(18)27-19)23(29-24(28-20)33-5)34-12-17(30)26-10-14-7-6-8-31-14/h6-8,13H,9-12H2,1-5H3,(H,26,30). The molecule has 4 aromatic heterocycles. The smallest absolute Gasteiger partial charge is 0.230 e. The summed E-state index contributed by atoms with van der Waals surface area (Å²) in [5, 5.41) is 5.54. The molecule has 1 N–H and O–H groups in total.